The first-order valence-corrected chi connectivity index (χ1v) is 10.7. The molecule has 0 atom stereocenters. The summed E-state index contributed by atoms with van der Waals surface area (Å²) in [6.07, 6.45) is 0.274. The van der Waals surface area contributed by atoms with Crippen molar-refractivity contribution in [3.63, 3.8) is 0 Å². The molecular formula is C23H18BrF3N4. The van der Waals surface area contributed by atoms with Gasteiger partial charge in [-0.2, -0.15) is 13.2 Å². The Labute approximate surface area is 185 Å². The molecule has 0 radical (unpaired) electrons. The summed E-state index contributed by atoms with van der Waals surface area (Å²) in [5.74, 6) is 0.460. The smallest absolute Gasteiger partial charge is 0.361 e. The Morgan fingerprint density at radius 3 is 2.68 bits per heavy atom. The van der Waals surface area contributed by atoms with Crippen molar-refractivity contribution in [3.8, 4) is 11.4 Å². The van der Waals surface area contributed by atoms with Gasteiger partial charge in [-0.1, -0.05) is 34.1 Å². The molecule has 158 valence electrons. The third kappa shape index (κ3) is 3.97. The van der Waals surface area contributed by atoms with E-state index in [9.17, 15) is 13.2 Å². The Bertz CT molecular complexity index is 1250. The number of aromatic amines is 1. The van der Waals surface area contributed by atoms with Crippen molar-refractivity contribution in [3.05, 3.63) is 81.7 Å². The van der Waals surface area contributed by atoms with Crippen LogP contribution in [0.15, 0.2) is 59.3 Å². The highest BCUT2D eigenvalue weighted by Gasteiger charge is 2.30. The van der Waals surface area contributed by atoms with Crippen molar-refractivity contribution in [1.82, 2.24) is 19.9 Å². The minimum atomic E-state index is -4.35. The second kappa shape index (κ2) is 7.76. The highest BCUT2D eigenvalue weighted by molar-refractivity contribution is 9.10. The Balaban J connectivity index is 1.34. The average Bonchev–Trinajstić information content (AvgIpc) is 3.17. The van der Waals surface area contributed by atoms with Crippen molar-refractivity contribution >= 4 is 26.8 Å². The van der Waals surface area contributed by atoms with E-state index in [1.165, 1.54) is 23.1 Å². The maximum atomic E-state index is 12.8. The van der Waals surface area contributed by atoms with E-state index in [0.29, 0.717) is 11.4 Å². The second-order valence-corrected chi connectivity index (χ2v) is 8.53. The molecule has 0 aliphatic carbocycles. The monoisotopic (exact) mass is 486 g/mol. The number of H-pyrrole nitrogens is 1. The summed E-state index contributed by atoms with van der Waals surface area (Å²) in [5.41, 5.74) is 4.26. The number of nitrogens with zero attached hydrogens (tertiary/aromatic N) is 3. The standard InChI is InChI=1S/C23H18BrF3N4/c24-18-2-1-3-20-21(18)16(11-28-20)13-31-9-8-19-15(12-31)10-29-22(30-19)14-4-6-17(7-5-14)23(25,26)27/h1-7,10-11,28H,8-9,12-13H2. The first-order chi connectivity index (χ1) is 14.9. The highest BCUT2D eigenvalue weighted by Crippen LogP contribution is 2.31. The predicted molar refractivity (Wildman–Crippen MR) is 116 cm³/mol. The zero-order valence-corrected chi connectivity index (χ0v) is 18.0. The summed E-state index contributed by atoms with van der Waals surface area (Å²) in [5, 5.41) is 1.20. The largest absolute Gasteiger partial charge is 0.416 e. The van der Waals surface area contributed by atoms with E-state index in [1.54, 1.807) is 6.20 Å². The van der Waals surface area contributed by atoms with E-state index >= 15 is 0 Å². The average molecular weight is 487 g/mol. The van der Waals surface area contributed by atoms with E-state index in [2.05, 4.69) is 48.0 Å². The first kappa shape index (κ1) is 20.2. The van der Waals surface area contributed by atoms with Crippen LogP contribution in [0.2, 0.25) is 0 Å². The van der Waals surface area contributed by atoms with Crippen LogP contribution in [0, 0.1) is 0 Å². The van der Waals surface area contributed by atoms with Crippen LogP contribution in [-0.2, 0) is 25.7 Å². The Morgan fingerprint density at radius 2 is 1.90 bits per heavy atom. The lowest BCUT2D eigenvalue weighted by Crippen LogP contribution is -2.30. The summed E-state index contributed by atoms with van der Waals surface area (Å²) < 4.78 is 39.4. The van der Waals surface area contributed by atoms with Gasteiger partial charge in [0.05, 0.1) is 11.3 Å². The van der Waals surface area contributed by atoms with Gasteiger partial charge in [-0.25, -0.2) is 9.97 Å². The number of fused-ring (bicyclic) bond motifs is 2. The zero-order chi connectivity index (χ0) is 21.6. The zero-order valence-electron chi connectivity index (χ0n) is 16.4. The third-order valence-corrected chi connectivity index (χ3v) is 6.27. The van der Waals surface area contributed by atoms with Crippen LogP contribution in [-0.4, -0.2) is 26.4 Å². The fourth-order valence-electron chi connectivity index (χ4n) is 4.03. The van der Waals surface area contributed by atoms with E-state index < -0.39 is 11.7 Å². The van der Waals surface area contributed by atoms with Crippen molar-refractivity contribution in [1.29, 1.82) is 0 Å². The summed E-state index contributed by atoms with van der Waals surface area (Å²) in [6.45, 7) is 2.40. The normalized spacial score (nSPS) is 14.7. The molecule has 4 nitrogen and oxygen atoms in total. The maximum Gasteiger partial charge on any atom is 0.416 e. The molecule has 0 fully saturated rings. The van der Waals surface area contributed by atoms with Crippen LogP contribution in [0.3, 0.4) is 0 Å². The summed E-state index contributed by atoms with van der Waals surface area (Å²) in [6, 6.07) is 11.1. The fraction of sp³-hybridized carbons (Fsp3) is 0.217. The number of rotatable bonds is 3. The van der Waals surface area contributed by atoms with Gasteiger partial charge in [-0.05, 0) is 29.8 Å². The number of nitrogens with one attached hydrogen (secondary N) is 1. The molecule has 0 unspecified atom stereocenters. The predicted octanol–water partition coefficient (Wildman–Crippen LogP) is 5.96. The lowest BCUT2D eigenvalue weighted by Gasteiger charge is -2.28. The Hall–Kier alpha value is -2.71. The van der Waals surface area contributed by atoms with Crippen LogP contribution >= 0.6 is 15.9 Å². The topological polar surface area (TPSA) is 44.8 Å². The lowest BCUT2D eigenvalue weighted by molar-refractivity contribution is -0.137. The third-order valence-electron chi connectivity index (χ3n) is 5.61. The van der Waals surface area contributed by atoms with Crippen LogP contribution in [0.25, 0.3) is 22.3 Å². The second-order valence-electron chi connectivity index (χ2n) is 7.68. The quantitative estimate of drug-likeness (QED) is 0.388. The number of aromatic nitrogens is 3. The van der Waals surface area contributed by atoms with Crippen molar-refractivity contribution in [2.24, 2.45) is 0 Å². The van der Waals surface area contributed by atoms with Crippen LogP contribution < -0.4 is 0 Å². The molecule has 4 aromatic rings. The van der Waals surface area contributed by atoms with E-state index in [0.717, 1.165) is 59.4 Å². The fourth-order valence-corrected chi connectivity index (χ4v) is 4.65. The molecule has 0 spiro atoms. The minimum Gasteiger partial charge on any atom is -0.361 e. The van der Waals surface area contributed by atoms with Gasteiger partial charge < -0.3 is 4.98 Å². The van der Waals surface area contributed by atoms with Crippen LogP contribution in [0.4, 0.5) is 13.2 Å². The number of benzene rings is 2. The van der Waals surface area contributed by atoms with E-state index in [-0.39, 0.29) is 0 Å². The van der Waals surface area contributed by atoms with Gasteiger partial charge in [-0.3, -0.25) is 4.90 Å². The molecule has 2 aromatic carbocycles. The number of alkyl halides is 3. The summed E-state index contributed by atoms with van der Waals surface area (Å²) in [7, 11) is 0. The molecule has 0 saturated heterocycles. The summed E-state index contributed by atoms with van der Waals surface area (Å²) >= 11 is 3.64. The van der Waals surface area contributed by atoms with Gasteiger partial charge in [0.2, 0.25) is 0 Å². The first-order valence-electron chi connectivity index (χ1n) is 9.88. The van der Waals surface area contributed by atoms with Crippen LogP contribution in [0.5, 0.6) is 0 Å². The van der Waals surface area contributed by atoms with Gasteiger partial charge in [0.1, 0.15) is 0 Å². The Kier molecular flexibility index (Phi) is 5.06. The van der Waals surface area contributed by atoms with Gasteiger partial charge in [0.25, 0.3) is 0 Å². The maximum absolute atomic E-state index is 12.8. The summed E-state index contributed by atoms with van der Waals surface area (Å²) in [4.78, 5) is 14.7. The highest BCUT2D eigenvalue weighted by atomic mass is 79.9. The van der Waals surface area contributed by atoms with Crippen molar-refractivity contribution in [2.75, 3.05) is 6.54 Å². The molecule has 0 amide bonds. The van der Waals surface area contributed by atoms with Gasteiger partial charge in [0.15, 0.2) is 5.82 Å². The molecule has 5 rings (SSSR count). The van der Waals surface area contributed by atoms with Crippen molar-refractivity contribution in [2.45, 2.75) is 25.7 Å². The lowest BCUT2D eigenvalue weighted by atomic mass is 10.1. The molecule has 8 heteroatoms. The Morgan fingerprint density at radius 1 is 1.10 bits per heavy atom. The van der Waals surface area contributed by atoms with Gasteiger partial charge in [-0.15, -0.1) is 0 Å². The number of hydrogen-bond donors (Lipinski definition) is 1. The molecule has 31 heavy (non-hydrogen) atoms. The molecular weight excluding hydrogens is 469 g/mol. The van der Waals surface area contributed by atoms with E-state index in [1.807, 2.05) is 12.1 Å². The SMILES string of the molecule is FC(F)(F)c1ccc(-c2ncc3c(n2)CCN(Cc2c[nH]c4cccc(Br)c24)C3)cc1. The van der Waals surface area contributed by atoms with Gasteiger partial charge >= 0.3 is 6.18 Å². The molecule has 1 aliphatic heterocycles. The number of hydrogen-bond acceptors (Lipinski definition) is 3. The van der Waals surface area contributed by atoms with Crippen molar-refractivity contribution < 1.29 is 13.2 Å². The molecule has 2 aromatic heterocycles. The molecule has 1 N–H and O–H groups in total. The van der Waals surface area contributed by atoms with Gasteiger partial charge in [0, 0.05) is 65.0 Å². The van der Waals surface area contributed by atoms with Crippen LogP contribution in [0.1, 0.15) is 22.4 Å². The molecule has 0 saturated carbocycles. The van der Waals surface area contributed by atoms with E-state index in [4.69, 9.17) is 0 Å². The molecule has 0 bridgehead atoms. The minimum absolute atomic E-state index is 0.460. The molecule has 1 aliphatic rings. The number of halogens is 4. The molecule has 3 heterocycles.